The van der Waals surface area contributed by atoms with Crippen molar-refractivity contribution in [2.45, 2.75) is 0 Å². The van der Waals surface area contributed by atoms with E-state index in [4.69, 9.17) is 16.3 Å². The van der Waals surface area contributed by atoms with E-state index < -0.39 is 0 Å². The van der Waals surface area contributed by atoms with Gasteiger partial charge in [-0.25, -0.2) is 4.98 Å². The van der Waals surface area contributed by atoms with Crippen molar-refractivity contribution in [3.63, 3.8) is 0 Å². The number of nitrogens with zero attached hydrogens (tertiary/aromatic N) is 4. The molecule has 0 N–H and O–H groups in total. The van der Waals surface area contributed by atoms with Crippen molar-refractivity contribution in [1.29, 1.82) is 0 Å². The van der Waals surface area contributed by atoms with Gasteiger partial charge in [0.1, 0.15) is 12.1 Å². The second-order valence-corrected chi connectivity index (χ2v) is 3.73. The molecule has 1 aromatic carbocycles. The van der Waals surface area contributed by atoms with Gasteiger partial charge in [0.25, 0.3) is 5.88 Å². The first kappa shape index (κ1) is 10.0. The molecule has 17 heavy (non-hydrogen) atoms. The van der Waals surface area contributed by atoms with Crippen molar-refractivity contribution in [3.05, 3.63) is 48.0 Å². The molecule has 0 atom stereocenters. The van der Waals surface area contributed by atoms with Gasteiger partial charge in [-0.2, -0.15) is 0 Å². The molecule has 0 aliphatic rings. The molecular formula is C11H7ClN4O. The predicted molar refractivity (Wildman–Crippen MR) is 62.3 cm³/mol. The molecule has 84 valence electrons. The number of benzene rings is 1. The van der Waals surface area contributed by atoms with Gasteiger partial charge < -0.3 is 4.74 Å². The van der Waals surface area contributed by atoms with Crippen LogP contribution in [-0.4, -0.2) is 19.6 Å². The van der Waals surface area contributed by atoms with Gasteiger partial charge in [0, 0.05) is 12.4 Å². The van der Waals surface area contributed by atoms with Crippen molar-refractivity contribution in [3.8, 4) is 11.6 Å². The fraction of sp³-hybridized carbons (Fsp3) is 0. The van der Waals surface area contributed by atoms with E-state index in [-0.39, 0.29) is 0 Å². The molecule has 0 spiro atoms. The lowest BCUT2D eigenvalue weighted by molar-refractivity contribution is 0.465. The minimum atomic E-state index is 0.373. The Balaban J connectivity index is 2.06. The highest BCUT2D eigenvalue weighted by Gasteiger charge is 2.08. The number of para-hydroxylation sites is 1. The van der Waals surface area contributed by atoms with E-state index >= 15 is 0 Å². The monoisotopic (exact) mass is 246 g/mol. The van der Waals surface area contributed by atoms with Crippen molar-refractivity contribution < 1.29 is 4.74 Å². The first-order valence-electron chi connectivity index (χ1n) is 4.91. The normalized spacial score (nSPS) is 10.6. The molecule has 3 rings (SSSR count). The van der Waals surface area contributed by atoms with Gasteiger partial charge >= 0.3 is 0 Å². The van der Waals surface area contributed by atoms with Crippen molar-refractivity contribution in [2.75, 3.05) is 0 Å². The summed E-state index contributed by atoms with van der Waals surface area (Å²) >= 11 is 6.00. The zero-order valence-corrected chi connectivity index (χ0v) is 9.37. The van der Waals surface area contributed by atoms with Gasteiger partial charge in [-0.15, -0.1) is 10.2 Å². The van der Waals surface area contributed by atoms with E-state index in [1.807, 2.05) is 12.1 Å². The molecule has 0 bridgehead atoms. The number of hydrogen-bond donors (Lipinski definition) is 0. The zero-order chi connectivity index (χ0) is 11.7. The van der Waals surface area contributed by atoms with Crippen LogP contribution in [-0.2, 0) is 0 Å². The number of hydrogen-bond acceptors (Lipinski definition) is 4. The Kier molecular flexibility index (Phi) is 2.38. The van der Waals surface area contributed by atoms with E-state index in [0.29, 0.717) is 22.3 Å². The molecule has 0 aliphatic heterocycles. The predicted octanol–water partition coefficient (Wildman–Crippen LogP) is 2.57. The Hall–Kier alpha value is -2.14. The van der Waals surface area contributed by atoms with Gasteiger partial charge in [-0.1, -0.05) is 23.7 Å². The summed E-state index contributed by atoms with van der Waals surface area (Å²) in [7, 11) is 0. The second kappa shape index (κ2) is 4.03. The fourth-order valence-corrected chi connectivity index (χ4v) is 1.61. The summed E-state index contributed by atoms with van der Waals surface area (Å²) in [6, 6.07) is 7.19. The third-order valence-electron chi connectivity index (χ3n) is 2.23. The average molecular weight is 247 g/mol. The molecule has 0 amide bonds. The Labute approximate surface area is 102 Å². The molecule has 0 saturated heterocycles. The van der Waals surface area contributed by atoms with Crippen LogP contribution in [0, 0.1) is 0 Å². The number of rotatable bonds is 2. The minimum absolute atomic E-state index is 0.373. The third kappa shape index (κ3) is 1.81. The summed E-state index contributed by atoms with van der Waals surface area (Å²) in [5, 5.41) is 8.24. The summed E-state index contributed by atoms with van der Waals surface area (Å²) in [4.78, 5) is 4.11. The van der Waals surface area contributed by atoms with Gasteiger partial charge in [0.15, 0.2) is 0 Å². The highest BCUT2D eigenvalue weighted by atomic mass is 35.5. The van der Waals surface area contributed by atoms with Gasteiger partial charge in [0.05, 0.1) is 5.02 Å². The summed E-state index contributed by atoms with van der Waals surface area (Å²) in [5.74, 6) is 0.913. The molecule has 3 aromatic rings. The lowest BCUT2D eigenvalue weighted by Gasteiger charge is -2.06. The lowest BCUT2D eigenvalue weighted by Crippen LogP contribution is -1.93. The molecule has 0 fully saturated rings. The van der Waals surface area contributed by atoms with Crippen molar-refractivity contribution >= 4 is 17.2 Å². The van der Waals surface area contributed by atoms with E-state index in [1.54, 1.807) is 35.3 Å². The van der Waals surface area contributed by atoms with Crippen LogP contribution in [0.15, 0.2) is 43.0 Å². The Morgan fingerprint density at radius 1 is 1.24 bits per heavy atom. The summed E-state index contributed by atoms with van der Waals surface area (Å²) in [6.45, 7) is 0. The molecule has 0 unspecified atom stereocenters. The molecule has 0 aliphatic carbocycles. The van der Waals surface area contributed by atoms with E-state index in [9.17, 15) is 0 Å². The smallest absolute Gasteiger partial charge is 0.265 e. The van der Waals surface area contributed by atoms with E-state index in [1.165, 1.54) is 0 Å². The maximum atomic E-state index is 6.00. The Bertz CT molecular complexity index is 667. The second-order valence-electron chi connectivity index (χ2n) is 3.33. The molecule has 2 aromatic heterocycles. The van der Waals surface area contributed by atoms with Crippen LogP contribution in [0.1, 0.15) is 0 Å². The Morgan fingerprint density at radius 3 is 3.00 bits per heavy atom. The summed E-state index contributed by atoms with van der Waals surface area (Å²) in [6.07, 6.45) is 4.94. The van der Waals surface area contributed by atoms with Crippen LogP contribution in [0.5, 0.6) is 11.6 Å². The largest absolute Gasteiger partial charge is 0.434 e. The number of halogens is 1. The van der Waals surface area contributed by atoms with Crippen LogP contribution in [0.3, 0.4) is 0 Å². The first-order chi connectivity index (χ1) is 8.34. The first-order valence-corrected chi connectivity index (χ1v) is 5.29. The maximum absolute atomic E-state index is 6.00. The van der Waals surface area contributed by atoms with Crippen molar-refractivity contribution in [1.82, 2.24) is 19.6 Å². The van der Waals surface area contributed by atoms with Crippen LogP contribution >= 0.6 is 11.6 Å². The van der Waals surface area contributed by atoms with Crippen LogP contribution in [0.2, 0.25) is 5.02 Å². The van der Waals surface area contributed by atoms with Crippen molar-refractivity contribution in [2.24, 2.45) is 0 Å². The maximum Gasteiger partial charge on any atom is 0.265 e. The number of aromatic nitrogens is 4. The third-order valence-corrected chi connectivity index (χ3v) is 2.54. The molecule has 6 heteroatoms. The summed E-state index contributed by atoms with van der Waals surface area (Å²) < 4.78 is 7.34. The SMILES string of the molecule is Clc1ccccc1Oc1nccn2cnnc12. The highest BCUT2D eigenvalue weighted by Crippen LogP contribution is 2.28. The van der Waals surface area contributed by atoms with Crippen LogP contribution in [0.4, 0.5) is 0 Å². The Morgan fingerprint density at radius 2 is 2.12 bits per heavy atom. The van der Waals surface area contributed by atoms with Gasteiger partial charge in [-0.3, -0.25) is 4.40 Å². The van der Waals surface area contributed by atoms with Gasteiger partial charge in [-0.05, 0) is 12.1 Å². The van der Waals surface area contributed by atoms with E-state index in [2.05, 4.69) is 15.2 Å². The number of ether oxygens (including phenoxy) is 1. The molecule has 5 nitrogen and oxygen atoms in total. The summed E-state index contributed by atoms with van der Waals surface area (Å²) in [5.41, 5.74) is 0.549. The van der Waals surface area contributed by atoms with Crippen LogP contribution in [0.25, 0.3) is 5.65 Å². The standard InChI is InChI=1S/C11H7ClN4O/c12-8-3-1-2-4-9(8)17-11-10-15-14-7-16(10)6-5-13-11/h1-7H. The number of fused-ring (bicyclic) bond motifs is 1. The molecular weight excluding hydrogens is 240 g/mol. The lowest BCUT2D eigenvalue weighted by atomic mass is 10.3. The molecule has 0 radical (unpaired) electrons. The van der Waals surface area contributed by atoms with Crippen LogP contribution < -0.4 is 4.74 Å². The van der Waals surface area contributed by atoms with Gasteiger partial charge in [0.2, 0.25) is 5.65 Å². The topological polar surface area (TPSA) is 52.3 Å². The quantitative estimate of drug-likeness (QED) is 0.697. The zero-order valence-electron chi connectivity index (χ0n) is 8.62. The molecule has 2 heterocycles. The van der Waals surface area contributed by atoms with E-state index in [0.717, 1.165) is 0 Å². The highest BCUT2D eigenvalue weighted by molar-refractivity contribution is 6.32. The minimum Gasteiger partial charge on any atom is -0.434 e. The molecule has 0 saturated carbocycles. The average Bonchev–Trinajstić information content (AvgIpc) is 2.81. The fourth-order valence-electron chi connectivity index (χ4n) is 1.44.